The van der Waals surface area contributed by atoms with Crippen LogP contribution in [0, 0.1) is 19.7 Å². The number of piperazine rings is 1. The fourth-order valence-corrected chi connectivity index (χ4v) is 4.93. The van der Waals surface area contributed by atoms with E-state index in [1.807, 2.05) is 4.90 Å². The molecule has 142 valence electrons. The minimum atomic E-state index is -3.66. The lowest BCUT2D eigenvalue weighted by Crippen LogP contribution is -2.49. The standard InChI is InChI=1S/C17H22FN3O4S/c1-12-17(13(2)25-19-12)26(23,24)21-9-7-20(8-10-21)11-16(22)14-5-3-4-6-15(14)18/h3-6,16,22H,7-11H2,1-2H3. The number of benzene rings is 1. The highest BCUT2D eigenvalue weighted by atomic mass is 32.2. The van der Waals surface area contributed by atoms with Crippen LogP contribution in [0.25, 0.3) is 0 Å². The van der Waals surface area contributed by atoms with Gasteiger partial charge in [-0.3, -0.25) is 4.90 Å². The number of aliphatic hydroxyl groups is 1. The van der Waals surface area contributed by atoms with Crippen molar-refractivity contribution in [1.82, 2.24) is 14.4 Å². The molecule has 0 radical (unpaired) electrons. The summed E-state index contributed by atoms with van der Waals surface area (Å²) in [6.45, 7) is 4.91. The van der Waals surface area contributed by atoms with Crippen molar-refractivity contribution in [2.75, 3.05) is 32.7 Å². The lowest BCUT2D eigenvalue weighted by molar-refractivity contribution is 0.0898. The number of β-amino-alcohol motifs (C(OH)–C–C–N with tert-alkyl or cyclic N) is 1. The second-order valence-electron chi connectivity index (χ2n) is 6.40. The molecule has 1 atom stereocenters. The molecule has 1 aliphatic rings. The highest BCUT2D eigenvalue weighted by Gasteiger charge is 2.33. The average Bonchev–Trinajstić information content (AvgIpc) is 2.95. The maximum absolute atomic E-state index is 13.8. The van der Waals surface area contributed by atoms with Crippen molar-refractivity contribution in [1.29, 1.82) is 0 Å². The Morgan fingerprint density at radius 1 is 1.23 bits per heavy atom. The summed E-state index contributed by atoms with van der Waals surface area (Å²) in [6.07, 6.45) is -0.957. The molecule has 0 aliphatic carbocycles. The molecule has 1 fully saturated rings. The summed E-state index contributed by atoms with van der Waals surface area (Å²) in [5.74, 6) is -0.167. The van der Waals surface area contributed by atoms with Gasteiger partial charge in [0.1, 0.15) is 16.4 Å². The van der Waals surface area contributed by atoms with Crippen LogP contribution in [0.5, 0.6) is 0 Å². The molecule has 7 nitrogen and oxygen atoms in total. The van der Waals surface area contributed by atoms with Gasteiger partial charge in [0.15, 0.2) is 5.76 Å². The van der Waals surface area contributed by atoms with E-state index >= 15 is 0 Å². The van der Waals surface area contributed by atoms with Crippen LogP contribution in [0.3, 0.4) is 0 Å². The SMILES string of the molecule is Cc1noc(C)c1S(=O)(=O)N1CCN(CC(O)c2ccccc2F)CC1. The van der Waals surface area contributed by atoms with Gasteiger partial charge in [-0.25, -0.2) is 12.8 Å². The van der Waals surface area contributed by atoms with E-state index in [2.05, 4.69) is 5.16 Å². The number of halogens is 1. The third-order valence-electron chi connectivity index (χ3n) is 4.59. The van der Waals surface area contributed by atoms with E-state index in [4.69, 9.17) is 4.52 Å². The first kappa shape index (κ1) is 19.0. The highest BCUT2D eigenvalue weighted by Crippen LogP contribution is 2.25. The Bertz CT molecular complexity index is 856. The fraction of sp³-hybridized carbons (Fsp3) is 0.471. The molecular formula is C17H22FN3O4S. The van der Waals surface area contributed by atoms with Crippen LogP contribution in [0.1, 0.15) is 23.1 Å². The van der Waals surface area contributed by atoms with Gasteiger partial charge in [-0.1, -0.05) is 23.4 Å². The molecule has 1 aromatic carbocycles. The van der Waals surface area contributed by atoms with Crippen molar-refractivity contribution in [2.45, 2.75) is 24.8 Å². The summed E-state index contributed by atoms with van der Waals surface area (Å²) in [5.41, 5.74) is 0.596. The molecule has 1 N–H and O–H groups in total. The molecule has 9 heteroatoms. The van der Waals surface area contributed by atoms with E-state index in [-0.39, 0.29) is 35.9 Å². The fourth-order valence-electron chi connectivity index (χ4n) is 3.21. The number of hydrogen-bond donors (Lipinski definition) is 1. The monoisotopic (exact) mass is 383 g/mol. The topological polar surface area (TPSA) is 86.9 Å². The Morgan fingerprint density at radius 3 is 2.46 bits per heavy atom. The summed E-state index contributed by atoms with van der Waals surface area (Å²) >= 11 is 0. The van der Waals surface area contributed by atoms with Gasteiger partial charge < -0.3 is 9.63 Å². The molecule has 1 aromatic heterocycles. The second-order valence-corrected chi connectivity index (χ2v) is 8.27. The highest BCUT2D eigenvalue weighted by molar-refractivity contribution is 7.89. The third kappa shape index (κ3) is 3.66. The van der Waals surface area contributed by atoms with Gasteiger partial charge in [0, 0.05) is 38.3 Å². The first-order valence-electron chi connectivity index (χ1n) is 8.38. The number of hydrogen-bond acceptors (Lipinski definition) is 6. The number of nitrogens with zero attached hydrogens (tertiary/aromatic N) is 3. The molecule has 3 rings (SSSR count). The summed E-state index contributed by atoms with van der Waals surface area (Å²) < 4.78 is 45.7. The number of aromatic nitrogens is 1. The van der Waals surface area contributed by atoms with Crippen molar-refractivity contribution >= 4 is 10.0 Å². The Balaban J connectivity index is 1.64. The van der Waals surface area contributed by atoms with Crippen LogP contribution >= 0.6 is 0 Å². The van der Waals surface area contributed by atoms with E-state index in [1.165, 1.54) is 10.4 Å². The van der Waals surface area contributed by atoms with Crippen LogP contribution in [-0.4, -0.2) is 60.6 Å². The summed E-state index contributed by atoms with van der Waals surface area (Å²) in [5, 5.41) is 14.0. The van der Waals surface area contributed by atoms with Gasteiger partial charge >= 0.3 is 0 Å². The van der Waals surface area contributed by atoms with E-state index < -0.39 is 21.9 Å². The third-order valence-corrected chi connectivity index (χ3v) is 6.74. The van der Waals surface area contributed by atoms with Crippen LogP contribution in [0.15, 0.2) is 33.7 Å². The van der Waals surface area contributed by atoms with Crippen LogP contribution < -0.4 is 0 Å². The van der Waals surface area contributed by atoms with Gasteiger partial charge in [-0.2, -0.15) is 4.31 Å². The van der Waals surface area contributed by atoms with E-state index in [9.17, 15) is 17.9 Å². The molecule has 1 aliphatic heterocycles. The molecule has 0 bridgehead atoms. The predicted molar refractivity (Wildman–Crippen MR) is 92.5 cm³/mol. The molecule has 1 saturated heterocycles. The number of aryl methyl sites for hydroxylation is 2. The minimum Gasteiger partial charge on any atom is -0.387 e. The van der Waals surface area contributed by atoms with Crippen LogP contribution in [0.4, 0.5) is 4.39 Å². The average molecular weight is 383 g/mol. The molecule has 1 unspecified atom stereocenters. The Hall–Kier alpha value is -1.81. The Labute approximate surface area is 152 Å². The van der Waals surface area contributed by atoms with Crippen molar-refractivity contribution in [3.63, 3.8) is 0 Å². The molecule has 0 amide bonds. The van der Waals surface area contributed by atoms with E-state index in [0.29, 0.717) is 18.8 Å². The van der Waals surface area contributed by atoms with E-state index in [0.717, 1.165) is 0 Å². The minimum absolute atomic E-state index is 0.123. The van der Waals surface area contributed by atoms with Gasteiger partial charge in [-0.05, 0) is 19.9 Å². The second kappa shape index (κ2) is 7.43. The zero-order valence-electron chi connectivity index (χ0n) is 14.7. The first-order valence-corrected chi connectivity index (χ1v) is 9.82. The van der Waals surface area contributed by atoms with Gasteiger partial charge in [0.05, 0.1) is 6.10 Å². The largest absolute Gasteiger partial charge is 0.387 e. The number of sulfonamides is 1. The Kier molecular flexibility index (Phi) is 5.42. The molecular weight excluding hydrogens is 361 g/mol. The number of aliphatic hydroxyl groups excluding tert-OH is 1. The summed E-state index contributed by atoms with van der Waals surface area (Å²) in [4.78, 5) is 2.05. The van der Waals surface area contributed by atoms with Crippen LogP contribution in [-0.2, 0) is 10.0 Å². The Morgan fingerprint density at radius 2 is 1.88 bits per heavy atom. The lowest BCUT2D eigenvalue weighted by Gasteiger charge is -2.34. The van der Waals surface area contributed by atoms with Crippen molar-refractivity contribution < 1.29 is 22.4 Å². The maximum atomic E-state index is 13.8. The first-order chi connectivity index (χ1) is 12.3. The van der Waals surface area contributed by atoms with Crippen molar-refractivity contribution in [3.05, 3.63) is 47.1 Å². The van der Waals surface area contributed by atoms with Crippen molar-refractivity contribution in [2.24, 2.45) is 0 Å². The molecule has 0 saturated carbocycles. The number of rotatable bonds is 5. The smallest absolute Gasteiger partial charge is 0.248 e. The van der Waals surface area contributed by atoms with Crippen molar-refractivity contribution in [3.8, 4) is 0 Å². The summed E-state index contributed by atoms with van der Waals surface area (Å²) in [7, 11) is -3.66. The predicted octanol–water partition coefficient (Wildman–Crippen LogP) is 1.47. The van der Waals surface area contributed by atoms with Gasteiger partial charge in [0.25, 0.3) is 0 Å². The molecule has 2 aromatic rings. The zero-order chi connectivity index (χ0) is 18.9. The zero-order valence-corrected chi connectivity index (χ0v) is 15.5. The molecule has 0 spiro atoms. The molecule has 2 heterocycles. The van der Waals surface area contributed by atoms with E-state index in [1.54, 1.807) is 32.0 Å². The molecule has 26 heavy (non-hydrogen) atoms. The lowest BCUT2D eigenvalue weighted by atomic mass is 10.1. The van der Waals surface area contributed by atoms with Crippen LogP contribution in [0.2, 0.25) is 0 Å². The summed E-state index contributed by atoms with van der Waals surface area (Å²) in [6, 6.07) is 6.12. The normalized spacial score (nSPS) is 18.2. The van der Waals surface area contributed by atoms with Gasteiger partial charge in [0.2, 0.25) is 10.0 Å². The maximum Gasteiger partial charge on any atom is 0.248 e. The quantitative estimate of drug-likeness (QED) is 0.841. The van der Waals surface area contributed by atoms with Gasteiger partial charge in [-0.15, -0.1) is 0 Å².